The normalized spacial score (nSPS) is 19.2. The average Bonchev–Trinajstić information content (AvgIpc) is 2.97. The summed E-state index contributed by atoms with van der Waals surface area (Å²) in [5.74, 6) is 0.415. The summed E-state index contributed by atoms with van der Waals surface area (Å²) in [6.07, 6.45) is -2.37. The lowest BCUT2D eigenvalue weighted by atomic mass is 10.1. The second-order valence-electron chi connectivity index (χ2n) is 7.82. The predicted octanol–water partition coefficient (Wildman–Crippen LogP) is 2.99. The van der Waals surface area contributed by atoms with Gasteiger partial charge in [-0.2, -0.15) is 13.2 Å². The Bertz CT molecular complexity index is 1070. The van der Waals surface area contributed by atoms with E-state index in [0.29, 0.717) is 62.6 Å². The van der Waals surface area contributed by atoms with Crippen molar-refractivity contribution in [3.8, 4) is 0 Å². The van der Waals surface area contributed by atoms with Gasteiger partial charge in [-0.15, -0.1) is 0 Å². The van der Waals surface area contributed by atoms with Crippen molar-refractivity contribution >= 4 is 27.4 Å². The number of carbonyl (C=O) groups excluding carboxylic acids is 1. The molecule has 32 heavy (non-hydrogen) atoms. The number of hydrogen-bond donors (Lipinski definition) is 0. The third-order valence-corrected chi connectivity index (χ3v) is 7.55. The first-order valence-electron chi connectivity index (χ1n) is 10.3. The zero-order valence-electron chi connectivity index (χ0n) is 17.3. The molecular formula is C21H23F3N4O3S. The van der Waals surface area contributed by atoms with Gasteiger partial charge < -0.3 is 9.80 Å². The van der Waals surface area contributed by atoms with Crippen LogP contribution in [-0.4, -0.2) is 62.7 Å². The lowest BCUT2D eigenvalue weighted by Gasteiger charge is -2.23. The van der Waals surface area contributed by atoms with Gasteiger partial charge in [0.2, 0.25) is 10.0 Å². The topological polar surface area (TPSA) is 73.8 Å². The number of pyridine rings is 1. The molecule has 2 saturated heterocycles. The van der Waals surface area contributed by atoms with Gasteiger partial charge in [0.15, 0.2) is 0 Å². The molecule has 0 saturated carbocycles. The summed E-state index contributed by atoms with van der Waals surface area (Å²) in [6.45, 7) is 2.39. The Morgan fingerprint density at radius 3 is 2.25 bits per heavy atom. The molecule has 0 N–H and O–H groups in total. The van der Waals surface area contributed by atoms with E-state index in [1.54, 1.807) is 29.2 Å². The second-order valence-corrected chi connectivity index (χ2v) is 9.84. The van der Waals surface area contributed by atoms with Crippen LogP contribution in [0.2, 0.25) is 0 Å². The molecule has 0 radical (unpaired) electrons. The van der Waals surface area contributed by atoms with Crippen molar-refractivity contribution < 1.29 is 26.4 Å². The maximum absolute atomic E-state index is 12.9. The van der Waals surface area contributed by atoms with Gasteiger partial charge in [-0.05, 0) is 49.2 Å². The van der Waals surface area contributed by atoms with Crippen molar-refractivity contribution in [3.05, 3.63) is 53.7 Å². The number of hydrogen-bond acceptors (Lipinski definition) is 5. The summed E-state index contributed by atoms with van der Waals surface area (Å²) >= 11 is 0. The van der Waals surface area contributed by atoms with Crippen molar-refractivity contribution in [1.29, 1.82) is 0 Å². The van der Waals surface area contributed by atoms with Gasteiger partial charge in [-0.3, -0.25) is 9.10 Å². The highest BCUT2D eigenvalue weighted by Crippen LogP contribution is 2.29. The molecule has 2 aliphatic rings. The van der Waals surface area contributed by atoms with E-state index in [9.17, 15) is 26.4 Å². The van der Waals surface area contributed by atoms with Gasteiger partial charge in [-0.25, -0.2) is 13.4 Å². The van der Waals surface area contributed by atoms with E-state index in [1.165, 1.54) is 10.4 Å². The molecule has 2 fully saturated rings. The molecule has 0 aliphatic carbocycles. The standard InChI is InChI=1S/C21H23F3N4O3S/c22-21(23,24)17-5-8-19(25-15-17)26-9-1-10-27(13-12-26)20(29)16-3-6-18(7-4-16)28-11-2-14-32(28,30)31/h3-8,15H,1-2,9-14H2. The highest BCUT2D eigenvalue weighted by molar-refractivity contribution is 7.93. The van der Waals surface area contributed by atoms with E-state index in [4.69, 9.17) is 0 Å². The van der Waals surface area contributed by atoms with Crippen molar-refractivity contribution in [1.82, 2.24) is 9.88 Å². The smallest absolute Gasteiger partial charge is 0.355 e. The number of anilines is 2. The summed E-state index contributed by atoms with van der Waals surface area (Å²) in [5.41, 5.74) is 0.221. The largest absolute Gasteiger partial charge is 0.417 e. The third-order valence-electron chi connectivity index (χ3n) is 5.68. The molecule has 0 unspecified atom stereocenters. The third kappa shape index (κ3) is 4.67. The maximum atomic E-state index is 12.9. The van der Waals surface area contributed by atoms with Gasteiger partial charge in [0.05, 0.1) is 17.0 Å². The zero-order chi connectivity index (χ0) is 22.9. The molecule has 1 amide bonds. The van der Waals surface area contributed by atoms with Gasteiger partial charge in [0.1, 0.15) is 5.82 Å². The van der Waals surface area contributed by atoms with Gasteiger partial charge in [0, 0.05) is 44.5 Å². The Morgan fingerprint density at radius 2 is 1.66 bits per heavy atom. The van der Waals surface area contributed by atoms with Gasteiger partial charge in [0.25, 0.3) is 5.91 Å². The molecule has 0 atom stereocenters. The fourth-order valence-corrected chi connectivity index (χ4v) is 5.54. The van der Waals surface area contributed by atoms with E-state index in [0.717, 1.165) is 12.3 Å². The fourth-order valence-electron chi connectivity index (χ4n) is 3.97. The predicted molar refractivity (Wildman–Crippen MR) is 114 cm³/mol. The van der Waals surface area contributed by atoms with Crippen molar-refractivity contribution in [2.75, 3.05) is 47.7 Å². The lowest BCUT2D eigenvalue weighted by Crippen LogP contribution is -2.35. The summed E-state index contributed by atoms with van der Waals surface area (Å²) in [5, 5.41) is 0. The Labute approximate surface area is 184 Å². The number of nitrogens with zero attached hydrogens (tertiary/aromatic N) is 4. The molecule has 7 nitrogen and oxygen atoms in total. The molecule has 11 heteroatoms. The van der Waals surface area contributed by atoms with Crippen molar-refractivity contribution in [3.63, 3.8) is 0 Å². The number of rotatable bonds is 3. The molecule has 3 heterocycles. The number of carbonyl (C=O) groups is 1. The van der Waals surface area contributed by atoms with Gasteiger partial charge >= 0.3 is 6.18 Å². The number of halogens is 3. The number of sulfonamides is 1. The van der Waals surface area contributed by atoms with E-state index in [1.807, 2.05) is 4.90 Å². The SMILES string of the molecule is O=C(c1ccc(N2CCCS2(=O)=O)cc1)N1CCCN(c2ccc(C(F)(F)F)cn2)CC1. The van der Waals surface area contributed by atoms with Crippen molar-refractivity contribution in [2.24, 2.45) is 0 Å². The first-order valence-corrected chi connectivity index (χ1v) is 11.9. The summed E-state index contributed by atoms with van der Waals surface area (Å²) in [6, 6.07) is 8.92. The van der Waals surface area contributed by atoms with E-state index in [-0.39, 0.29) is 11.7 Å². The molecule has 4 rings (SSSR count). The highest BCUT2D eigenvalue weighted by atomic mass is 32.2. The molecular weight excluding hydrogens is 445 g/mol. The van der Waals surface area contributed by atoms with Crippen LogP contribution in [0.15, 0.2) is 42.6 Å². The lowest BCUT2D eigenvalue weighted by molar-refractivity contribution is -0.137. The van der Waals surface area contributed by atoms with Crippen LogP contribution in [0.3, 0.4) is 0 Å². The van der Waals surface area contributed by atoms with Crippen LogP contribution in [0.1, 0.15) is 28.8 Å². The molecule has 1 aromatic carbocycles. The van der Waals surface area contributed by atoms with Gasteiger partial charge in [-0.1, -0.05) is 0 Å². The zero-order valence-corrected chi connectivity index (χ0v) is 18.1. The highest BCUT2D eigenvalue weighted by Gasteiger charge is 2.31. The summed E-state index contributed by atoms with van der Waals surface area (Å²) in [7, 11) is -3.28. The Hall–Kier alpha value is -2.82. The van der Waals surface area contributed by atoms with E-state index < -0.39 is 21.8 Å². The minimum atomic E-state index is -4.43. The van der Waals surface area contributed by atoms with Crippen LogP contribution >= 0.6 is 0 Å². The summed E-state index contributed by atoms with van der Waals surface area (Å²) in [4.78, 5) is 20.5. The van der Waals surface area contributed by atoms with E-state index in [2.05, 4.69) is 4.98 Å². The average molecular weight is 469 g/mol. The van der Waals surface area contributed by atoms with Crippen LogP contribution in [0.5, 0.6) is 0 Å². The molecule has 2 aliphatic heterocycles. The maximum Gasteiger partial charge on any atom is 0.417 e. The first kappa shape index (κ1) is 22.4. The molecule has 172 valence electrons. The number of alkyl halides is 3. The second kappa shape index (κ2) is 8.61. The number of aromatic nitrogens is 1. The Kier molecular flexibility index (Phi) is 6.02. The van der Waals surface area contributed by atoms with Crippen LogP contribution in [0.25, 0.3) is 0 Å². The number of amides is 1. The van der Waals surface area contributed by atoms with Crippen LogP contribution in [-0.2, 0) is 16.2 Å². The first-order chi connectivity index (χ1) is 15.1. The van der Waals surface area contributed by atoms with Crippen LogP contribution in [0.4, 0.5) is 24.7 Å². The fraction of sp³-hybridized carbons (Fsp3) is 0.429. The number of benzene rings is 1. The quantitative estimate of drug-likeness (QED) is 0.693. The Morgan fingerprint density at radius 1 is 0.906 bits per heavy atom. The summed E-state index contributed by atoms with van der Waals surface area (Å²) < 4.78 is 63.7. The molecule has 2 aromatic rings. The molecule has 0 bridgehead atoms. The van der Waals surface area contributed by atoms with Crippen LogP contribution in [0, 0.1) is 0 Å². The minimum Gasteiger partial charge on any atom is -0.355 e. The minimum absolute atomic E-state index is 0.131. The van der Waals surface area contributed by atoms with E-state index >= 15 is 0 Å². The molecule has 1 aromatic heterocycles. The monoisotopic (exact) mass is 468 g/mol. The van der Waals surface area contributed by atoms with Crippen LogP contribution < -0.4 is 9.21 Å². The Balaban J connectivity index is 1.40. The van der Waals surface area contributed by atoms with Crippen molar-refractivity contribution in [2.45, 2.75) is 19.0 Å². The molecule has 0 spiro atoms.